The maximum atomic E-state index is 5.96. The molecule has 2 aliphatic rings. The lowest BCUT2D eigenvalue weighted by Gasteiger charge is -2.33. The highest BCUT2D eigenvalue weighted by molar-refractivity contribution is 14.0. The molecule has 2 fully saturated rings. The van der Waals surface area contributed by atoms with Gasteiger partial charge in [0.1, 0.15) is 5.82 Å². The molecular formula is C25H37IN6O. The standard InChI is InChI=1S/C25H36N6O.HI/c1-26-25(31-11-10-23(18-31)20-32-19-21-6-4-3-5-7-21)28-17-22-8-9-24(27-16-22)30-14-12-29(2)13-15-30;/h3-9,16,23H,10-15,17-20H2,1-2H3,(H,26,28);1H. The molecule has 1 aromatic heterocycles. The predicted octanol–water partition coefficient (Wildman–Crippen LogP) is 3.07. The van der Waals surface area contributed by atoms with E-state index in [1.165, 1.54) is 11.1 Å². The van der Waals surface area contributed by atoms with Crippen LogP contribution in [0.5, 0.6) is 0 Å². The van der Waals surface area contributed by atoms with E-state index in [0.29, 0.717) is 12.5 Å². The smallest absolute Gasteiger partial charge is 0.193 e. The molecule has 1 aromatic carbocycles. The molecule has 1 unspecified atom stereocenters. The Balaban J connectivity index is 0.00000306. The van der Waals surface area contributed by atoms with Crippen LogP contribution in [-0.4, -0.2) is 80.7 Å². The zero-order valence-corrected chi connectivity index (χ0v) is 22.2. The topological polar surface area (TPSA) is 56.2 Å². The second-order valence-electron chi connectivity index (χ2n) is 8.82. The maximum absolute atomic E-state index is 5.96. The van der Waals surface area contributed by atoms with Crippen molar-refractivity contribution < 1.29 is 4.74 Å². The molecule has 4 rings (SSSR count). The van der Waals surface area contributed by atoms with Crippen LogP contribution < -0.4 is 10.2 Å². The van der Waals surface area contributed by atoms with Crippen molar-refractivity contribution in [3.63, 3.8) is 0 Å². The zero-order valence-electron chi connectivity index (χ0n) is 19.8. The molecule has 0 amide bonds. The Bertz CT molecular complexity index is 855. The monoisotopic (exact) mass is 564 g/mol. The Morgan fingerprint density at radius 2 is 1.85 bits per heavy atom. The minimum absolute atomic E-state index is 0. The van der Waals surface area contributed by atoms with Gasteiger partial charge >= 0.3 is 0 Å². The van der Waals surface area contributed by atoms with E-state index in [1.54, 1.807) is 0 Å². The van der Waals surface area contributed by atoms with E-state index in [-0.39, 0.29) is 24.0 Å². The number of piperazine rings is 1. The van der Waals surface area contributed by atoms with Crippen LogP contribution in [0.3, 0.4) is 0 Å². The first-order valence-electron chi connectivity index (χ1n) is 11.7. The molecule has 0 bridgehead atoms. The van der Waals surface area contributed by atoms with Crippen LogP contribution in [0.4, 0.5) is 5.82 Å². The first kappa shape index (κ1) is 25.7. The van der Waals surface area contributed by atoms with Gasteiger partial charge in [-0.1, -0.05) is 36.4 Å². The van der Waals surface area contributed by atoms with Gasteiger partial charge in [-0.15, -0.1) is 24.0 Å². The molecule has 2 aliphatic heterocycles. The lowest BCUT2D eigenvalue weighted by Crippen LogP contribution is -2.44. The van der Waals surface area contributed by atoms with E-state index in [0.717, 1.165) is 70.6 Å². The third-order valence-corrected chi connectivity index (χ3v) is 6.35. The minimum atomic E-state index is 0. The summed E-state index contributed by atoms with van der Waals surface area (Å²) in [5.41, 5.74) is 2.40. The zero-order chi connectivity index (χ0) is 22.2. The van der Waals surface area contributed by atoms with Gasteiger partial charge in [0.25, 0.3) is 0 Å². The summed E-state index contributed by atoms with van der Waals surface area (Å²) in [5.74, 6) is 2.57. The fourth-order valence-corrected chi connectivity index (χ4v) is 4.34. The van der Waals surface area contributed by atoms with Crippen LogP contribution in [0, 0.1) is 5.92 Å². The lowest BCUT2D eigenvalue weighted by atomic mass is 10.1. The number of pyridine rings is 1. The van der Waals surface area contributed by atoms with Crippen LogP contribution >= 0.6 is 24.0 Å². The number of likely N-dealkylation sites (tertiary alicyclic amines) is 1. The van der Waals surface area contributed by atoms with Gasteiger partial charge in [0.05, 0.1) is 13.2 Å². The number of ether oxygens (including phenoxy) is 1. The first-order valence-corrected chi connectivity index (χ1v) is 11.7. The summed E-state index contributed by atoms with van der Waals surface area (Å²) in [6.45, 7) is 8.47. The summed E-state index contributed by atoms with van der Waals surface area (Å²) in [4.78, 5) is 16.3. The van der Waals surface area contributed by atoms with Crippen molar-refractivity contribution in [2.45, 2.75) is 19.6 Å². The van der Waals surface area contributed by atoms with Crippen LogP contribution in [0.15, 0.2) is 53.7 Å². The number of halogens is 1. The van der Waals surface area contributed by atoms with Crippen molar-refractivity contribution >= 4 is 35.8 Å². The van der Waals surface area contributed by atoms with Gasteiger partial charge in [-0.2, -0.15) is 0 Å². The largest absolute Gasteiger partial charge is 0.376 e. The predicted molar refractivity (Wildman–Crippen MR) is 145 cm³/mol. The molecular weight excluding hydrogens is 527 g/mol. The van der Waals surface area contributed by atoms with Crippen LogP contribution in [0.25, 0.3) is 0 Å². The summed E-state index contributed by atoms with van der Waals surface area (Å²) < 4.78 is 5.96. The van der Waals surface area contributed by atoms with Crippen LogP contribution in [-0.2, 0) is 17.9 Å². The number of aromatic nitrogens is 1. The van der Waals surface area contributed by atoms with Crippen molar-refractivity contribution in [1.82, 2.24) is 20.1 Å². The highest BCUT2D eigenvalue weighted by Crippen LogP contribution is 2.18. The number of guanidine groups is 1. The number of anilines is 1. The molecule has 1 atom stereocenters. The second kappa shape index (κ2) is 13.1. The van der Waals surface area contributed by atoms with E-state index in [1.807, 2.05) is 19.3 Å². The molecule has 33 heavy (non-hydrogen) atoms. The Labute approximate surface area is 215 Å². The number of nitrogens with one attached hydrogen (secondary N) is 1. The molecule has 0 spiro atoms. The average molecular weight is 565 g/mol. The molecule has 0 aliphatic carbocycles. The van der Waals surface area contributed by atoms with Gasteiger partial charge in [0.15, 0.2) is 5.96 Å². The molecule has 180 valence electrons. The molecule has 7 nitrogen and oxygen atoms in total. The van der Waals surface area contributed by atoms with E-state index in [4.69, 9.17) is 9.72 Å². The number of likely N-dealkylation sites (N-methyl/N-ethyl adjacent to an activating group) is 1. The average Bonchev–Trinajstić information content (AvgIpc) is 3.30. The van der Waals surface area contributed by atoms with Gasteiger partial charge in [0, 0.05) is 65.0 Å². The van der Waals surface area contributed by atoms with Crippen molar-refractivity contribution in [1.29, 1.82) is 0 Å². The molecule has 1 N–H and O–H groups in total. The van der Waals surface area contributed by atoms with Gasteiger partial charge in [0.2, 0.25) is 0 Å². The van der Waals surface area contributed by atoms with E-state index >= 15 is 0 Å². The number of hydrogen-bond acceptors (Lipinski definition) is 5. The molecule has 2 aromatic rings. The summed E-state index contributed by atoms with van der Waals surface area (Å²) in [5, 5.41) is 3.51. The Morgan fingerprint density at radius 3 is 2.55 bits per heavy atom. The highest BCUT2D eigenvalue weighted by atomic mass is 127. The van der Waals surface area contributed by atoms with Gasteiger partial charge < -0.3 is 24.8 Å². The van der Waals surface area contributed by atoms with Crippen molar-refractivity contribution in [2.24, 2.45) is 10.9 Å². The Morgan fingerprint density at radius 1 is 1.06 bits per heavy atom. The number of nitrogens with zero attached hydrogens (tertiary/aromatic N) is 5. The summed E-state index contributed by atoms with van der Waals surface area (Å²) in [6, 6.07) is 14.7. The van der Waals surface area contributed by atoms with Crippen molar-refractivity contribution in [3.8, 4) is 0 Å². The molecule has 0 saturated carbocycles. The van der Waals surface area contributed by atoms with Gasteiger partial charge in [-0.25, -0.2) is 4.98 Å². The minimum Gasteiger partial charge on any atom is -0.376 e. The number of rotatable bonds is 7. The third-order valence-electron chi connectivity index (χ3n) is 6.35. The molecule has 3 heterocycles. The Hall–Kier alpha value is -1.91. The molecule has 0 radical (unpaired) electrons. The SMILES string of the molecule is CN=C(NCc1ccc(N2CCN(C)CC2)nc1)N1CCC(COCc2ccccc2)C1.I. The van der Waals surface area contributed by atoms with E-state index in [2.05, 4.69) is 68.5 Å². The summed E-state index contributed by atoms with van der Waals surface area (Å²) in [7, 11) is 4.03. The maximum Gasteiger partial charge on any atom is 0.193 e. The summed E-state index contributed by atoms with van der Waals surface area (Å²) in [6.07, 6.45) is 3.12. The van der Waals surface area contributed by atoms with Crippen LogP contribution in [0.1, 0.15) is 17.5 Å². The van der Waals surface area contributed by atoms with Crippen LogP contribution in [0.2, 0.25) is 0 Å². The van der Waals surface area contributed by atoms with Gasteiger partial charge in [-0.05, 0) is 30.7 Å². The van der Waals surface area contributed by atoms with E-state index in [9.17, 15) is 0 Å². The lowest BCUT2D eigenvalue weighted by molar-refractivity contribution is 0.0906. The normalized spacial score (nSPS) is 19.5. The fraction of sp³-hybridized carbons (Fsp3) is 0.520. The number of benzene rings is 1. The number of aliphatic imine (C=N–C) groups is 1. The third kappa shape index (κ3) is 7.55. The fourth-order valence-electron chi connectivity index (χ4n) is 4.34. The first-order chi connectivity index (χ1) is 15.7. The van der Waals surface area contributed by atoms with Gasteiger partial charge in [-0.3, -0.25) is 4.99 Å². The Kier molecular flexibility index (Phi) is 10.2. The van der Waals surface area contributed by atoms with E-state index < -0.39 is 0 Å². The molecule has 8 heteroatoms. The molecule has 2 saturated heterocycles. The second-order valence-corrected chi connectivity index (χ2v) is 8.82. The number of hydrogen-bond donors (Lipinski definition) is 1. The van der Waals surface area contributed by atoms with Crippen molar-refractivity contribution in [2.75, 3.05) is 64.9 Å². The highest BCUT2D eigenvalue weighted by Gasteiger charge is 2.25. The quantitative estimate of drug-likeness (QED) is 0.317. The summed E-state index contributed by atoms with van der Waals surface area (Å²) >= 11 is 0. The van der Waals surface area contributed by atoms with Crippen molar-refractivity contribution in [3.05, 3.63) is 59.8 Å².